The Hall–Kier alpha value is -2.55. The second-order valence-corrected chi connectivity index (χ2v) is 8.66. The fraction of sp³-hybridized carbons (Fsp3) is 0.300. The van der Waals surface area contributed by atoms with Gasteiger partial charge in [-0.05, 0) is 31.3 Å². The van der Waals surface area contributed by atoms with Gasteiger partial charge in [-0.15, -0.1) is 0 Å². The molecule has 1 saturated heterocycles. The summed E-state index contributed by atoms with van der Waals surface area (Å²) in [5.74, 6) is 0.838. The highest BCUT2D eigenvalue weighted by Crippen LogP contribution is 2.20. The summed E-state index contributed by atoms with van der Waals surface area (Å²) in [7, 11) is -1.62. The molecule has 8 heteroatoms. The molecule has 3 aromatic rings. The van der Waals surface area contributed by atoms with Gasteiger partial charge in [0, 0.05) is 49.9 Å². The van der Waals surface area contributed by atoms with E-state index in [1.807, 2.05) is 30.3 Å². The van der Waals surface area contributed by atoms with Crippen molar-refractivity contribution in [3.63, 3.8) is 0 Å². The standard InChI is InChI=1S/C20H23N5O2S/c1-24-11-13-25(14-12-24)20-17(6-4-10-21-20)15-22-28(26,27)19-9-8-16-5-2-3-7-18(16)23-19/h2-10,22H,11-15H2,1H3. The third-order valence-corrected chi connectivity index (χ3v) is 6.27. The van der Waals surface area contributed by atoms with Crippen molar-refractivity contribution in [2.75, 3.05) is 38.1 Å². The first kappa shape index (κ1) is 18.8. The smallest absolute Gasteiger partial charge is 0.258 e. The van der Waals surface area contributed by atoms with E-state index in [-0.39, 0.29) is 11.6 Å². The molecule has 7 nitrogen and oxygen atoms in total. The summed E-state index contributed by atoms with van der Waals surface area (Å²) in [5.41, 5.74) is 1.52. The Morgan fingerprint density at radius 3 is 2.61 bits per heavy atom. The molecule has 4 rings (SSSR count). The first-order chi connectivity index (χ1) is 13.5. The van der Waals surface area contributed by atoms with E-state index in [0.29, 0.717) is 5.52 Å². The summed E-state index contributed by atoms with van der Waals surface area (Å²) < 4.78 is 28.2. The lowest BCUT2D eigenvalue weighted by Crippen LogP contribution is -2.45. The number of nitrogens with zero attached hydrogens (tertiary/aromatic N) is 4. The van der Waals surface area contributed by atoms with E-state index in [9.17, 15) is 8.42 Å². The quantitative estimate of drug-likeness (QED) is 0.708. The number of sulfonamides is 1. The lowest BCUT2D eigenvalue weighted by molar-refractivity contribution is 0.312. The van der Waals surface area contributed by atoms with Crippen molar-refractivity contribution < 1.29 is 8.42 Å². The third kappa shape index (κ3) is 3.99. The highest BCUT2D eigenvalue weighted by molar-refractivity contribution is 7.89. The molecule has 0 aliphatic carbocycles. The van der Waals surface area contributed by atoms with Crippen LogP contribution in [-0.2, 0) is 16.6 Å². The van der Waals surface area contributed by atoms with Crippen molar-refractivity contribution in [2.45, 2.75) is 11.6 Å². The minimum Gasteiger partial charge on any atom is -0.354 e. The third-order valence-electron chi connectivity index (χ3n) is 4.97. The molecule has 1 N–H and O–H groups in total. The molecule has 0 spiro atoms. The molecule has 0 amide bonds. The van der Waals surface area contributed by atoms with E-state index in [0.717, 1.165) is 42.9 Å². The van der Waals surface area contributed by atoms with Crippen LogP contribution in [0.4, 0.5) is 5.82 Å². The molecule has 0 bridgehead atoms. The van der Waals surface area contributed by atoms with Crippen LogP contribution in [0.25, 0.3) is 10.9 Å². The van der Waals surface area contributed by atoms with Crippen LogP contribution in [0.15, 0.2) is 59.8 Å². The van der Waals surface area contributed by atoms with E-state index in [1.165, 1.54) is 6.07 Å². The molecule has 0 radical (unpaired) electrons. The van der Waals surface area contributed by atoms with Gasteiger partial charge in [-0.3, -0.25) is 0 Å². The van der Waals surface area contributed by atoms with Crippen LogP contribution in [0.1, 0.15) is 5.56 Å². The van der Waals surface area contributed by atoms with Crippen LogP contribution < -0.4 is 9.62 Å². The average molecular weight is 398 g/mol. The second kappa shape index (κ2) is 7.83. The topological polar surface area (TPSA) is 78.4 Å². The maximum atomic E-state index is 12.8. The van der Waals surface area contributed by atoms with E-state index in [2.05, 4.69) is 31.5 Å². The van der Waals surface area contributed by atoms with Gasteiger partial charge in [0.2, 0.25) is 0 Å². The molecular formula is C20H23N5O2S. The van der Waals surface area contributed by atoms with Crippen LogP contribution in [0.3, 0.4) is 0 Å². The largest absolute Gasteiger partial charge is 0.354 e. The van der Waals surface area contributed by atoms with Crippen LogP contribution in [0, 0.1) is 0 Å². The Kier molecular flexibility index (Phi) is 5.25. The maximum absolute atomic E-state index is 12.8. The fourth-order valence-corrected chi connectivity index (χ4v) is 4.27. The zero-order chi connectivity index (χ0) is 19.6. The van der Waals surface area contributed by atoms with Gasteiger partial charge in [0.25, 0.3) is 10.0 Å². The van der Waals surface area contributed by atoms with Crippen molar-refractivity contribution in [1.29, 1.82) is 0 Å². The van der Waals surface area contributed by atoms with Crippen molar-refractivity contribution in [2.24, 2.45) is 0 Å². The lowest BCUT2D eigenvalue weighted by atomic mass is 10.2. The number of aromatic nitrogens is 2. The van der Waals surface area contributed by atoms with Crippen molar-refractivity contribution in [3.05, 3.63) is 60.3 Å². The Morgan fingerprint density at radius 2 is 1.79 bits per heavy atom. The molecule has 1 aliphatic rings. The molecule has 146 valence electrons. The molecule has 1 fully saturated rings. The van der Waals surface area contributed by atoms with Crippen LogP contribution >= 0.6 is 0 Å². The van der Waals surface area contributed by atoms with E-state index in [4.69, 9.17) is 0 Å². The summed E-state index contributed by atoms with van der Waals surface area (Å²) in [6, 6.07) is 14.5. The summed E-state index contributed by atoms with van der Waals surface area (Å²) >= 11 is 0. The van der Waals surface area contributed by atoms with Gasteiger partial charge in [-0.1, -0.05) is 24.3 Å². The van der Waals surface area contributed by atoms with E-state index >= 15 is 0 Å². The maximum Gasteiger partial charge on any atom is 0.258 e. The number of rotatable bonds is 5. The summed E-state index contributed by atoms with van der Waals surface area (Å²) in [6.07, 6.45) is 1.75. The van der Waals surface area contributed by atoms with E-state index < -0.39 is 10.0 Å². The SMILES string of the molecule is CN1CCN(c2ncccc2CNS(=O)(=O)c2ccc3ccccc3n2)CC1. The van der Waals surface area contributed by atoms with Crippen molar-refractivity contribution >= 4 is 26.7 Å². The highest BCUT2D eigenvalue weighted by atomic mass is 32.2. The number of hydrogen-bond donors (Lipinski definition) is 1. The van der Waals surface area contributed by atoms with Crippen LogP contribution in [0.5, 0.6) is 0 Å². The van der Waals surface area contributed by atoms with Gasteiger partial charge in [-0.25, -0.2) is 23.1 Å². The first-order valence-corrected chi connectivity index (χ1v) is 10.7. The predicted molar refractivity (Wildman–Crippen MR) is 110 cm³/mol. The summed E-state index contributed by atoms with van der Waals surface area (Å²) in [6.45, 7) is 3.84. The number of anilines is 1. The minimum atomic E-state index is -3.72. The molecule has 1 aliphatic heterocycles. The number of para-hydroxylation sites is 1. The molecule has 0 saturated carbocycles. The molecular weight excluding hydrogens is 374 g/mol. The average Bonchev–Trinajstić information content (AvgIpc) is 2.73. The van der Waals surface area contributed by atoms with E-state index in [1.54, 1.807) is 18.3 Å². The van der Waals surface area contributed by atoms with Gasteiger partial charge in [0.15, 0.2) is 5.03 Å². The number of piperazine rings is 1. The predicted octanol–water partition coefficient (Wildman–Crippen LogP) is 1.86. The number of fused-ring (bicyclic) bond motifs is 1. The molecule has 28 heavy (non-hydrogen) atoms. The Bertz CT molecular complexity index is 1080. The Balaban J connectivity index is 1.53. The highest BCUT2D eigenvalue weighted by Gasteiger charge is 2.20. The second-order valence-electron chi connectivity index (χ2n) is 6.94. The molecule has 2 aromatic heterocycles. The number of pyridine rings is 2. The monoisotopic (exact) mass is 397 g/mol. The lowest BCUT2D eigenvalue weighted by Gasteiger charge is -2.34. The minimum absolute atomic E-state index is 0.0243. The Morgan fingerprint density at radius 1 is 1.00 bits per heavy atom. The van der Waals surface area contributed by atoms with Gasteiger partial charge in [0.05, 0.1) is 5.52 Å². The molecule has 3 heterocycles. The Labute approximate surface area is 165 Å². The normalized spacial score (nSPS) is 15.8. The number of likely N-dealkylation sites (N-methyl/N-ethyl adjacent to an activating group) is 1. The molecule has 0 unspecified atom stereocenters. The fourth-order valence-electron chi connectivity index (χ4n) is 3.31. The number of benzene rings is 1. The zero-order valence-corrected chi connectivity index (χ0v) is 16.6. The molecule has 1 aromatic carbocycles. The van der Waals surface area contributed by atoms with Gasteiger partial charge in [-0.2, -0.15) is 0 Å². The zero-order valence-electron chi connectivity index (χ0n) is 15.7. The van der Waals surface area contributed by atoms with Crippen LogP contribution in [-0.4, -0.2) is 56.5 Å². The van der Waals surface area contributed by atoms with Gasteiger partial charge < -0.3 is 9.80 Å². The van der Waals surface area contributed by atoms with Crippen LogP contribution in [0.2, 0.25) is 0 Å². The number of nitrogens with one attached hydrogen (secondary N) is 1. The van der Waals surface area contributed by atoms with Gasteiger partial charge >= 0.3 is 0 Å². The first-order valence-electron chi connectivity index (χ1n) is 9.26. The van der Waals surface area contributed by atoms with Crippen molar-refractivity contribution in [1.82, 2.24) is 19.6 Å². The summed E-state index contributed by atoms with van der Waals surface area (Å²) in [4.78, 5) is 13.3. The van der Waals surface area contributed by atoms with Crippen molar-refractivity contribution in [3.8, 4) is 0 Å². The number of hydrogen-bond acceptors (Lipinski definition) is 6. The summed E-state index contributed by atoms with van der Waals surface area (Å²) in [5, 5.41) is 0.933. The van der Waals surface area contributed by atoms with Gasteiger partial charge in [0.1, 0.15) is 5.82 Å². The molecule has 0 atom stereocenters.